The Balaban J connectivity index is 1.24. The molecule has 0 atom stereocenters. The van der Waals surface area contributed by atoms with Gasteiger partial charge in [0.2, 0.25) is 0 Å². The Morgan fingerprint density at radius 2 is 1.89 bits per heavy atom. The van der Waals surface area contributed by atoms with Crippen LogP contribution in [0.2, 0.25) is 0 Å². The zero-order chi connectivity index (χ0) is 25.5. The summed E-state index contributed by atoms with van der Waals surface area (Å²) in [5, 5.41) is 20.1. The lowest BCUT2D eigenvalue weighted by Crippen LogP contribution is -2.41. The first-order valence-electron chi connectivity index (χ1n) is 13.1. The van der Waals surface area contributed by atoms with E-state index < -0.39 is 5.60 Å². The zero-order valence-corrected chi connectivity index (χ0v) is 21.8. The SMILES string of the molecule is OC1(c2cc3nc(-c4cccc5[nH]ncc45)nc(N4CCOCC4)c3s2)CCN(Cc2ccccn2)CC1. The van der Waals surface area contributed by atoms with Gasteiger partial charge in [-0.05, 0) is 37.1 Å². The van der Waals surface area contributed by atoms with Crippen LogP contribution >= 0.6 is 11.3 Å². The van der Waals surface area contributed by atoms with Crippen LogP contribution in [-0.2, 0) is 16.9 Å². The molecule has 9 nitrogen and oxygen atoms in total. The smallest absolute Gasteiger partial charge is 0.162 e. The standard InChI is InChI=1S/C28H29N7O2S/c36-28(7-10-34(11-8-28)18-19-4-1-2-9-29-19)24-16-23-25(38-24)27(35-12-14-37-15-13-35)32-26(31-23)20-5-3-6-22-21(20)17-30-33-22/h1-6,9,16-17,36H,7-8,10-15,18H2,(H,30,33). The number of aromatic nitrogens is 5. The van der Waals surface area contributed by atoms with Gasteiger partial charge >= 0.3 is 0 Å². The monoisotopic (exact) mass is 527 g/mol. The molecular formula is C28H29N7O2S. The number of pyridine rings is 1. The van der Waals surface area contributed by atoms with Gasteiger partial charge in [-0.2, -0.15) is 5.10 Å². The Morgan fingerprint density at radius 3 is 2.71 bits per heavy atom. The molecule has 0 amide bonds. The average molecular weight is 528 g/mol. The third kappa shape index (κ3) is 4.33. The summed E-state index contributed by atoms with van der Waals surface area (Å²) in [5.41, 5.74) is 2.96. The van der Waals surface area contributed by atoms with Gasteiger partial charge in [-0.25, -0.2) is 9.97 Å². The molecule has 2 fully saturated rings. The van der Waals surface area contributed by atoms with Gasteiger partial charge in [0.25, 0.3) is 0 Å². The minimum Gasteiger partial charge on any atom is -0.384 e. The molecule has 2 aliphatic heterocycles. The average Bonchev–Trinajstić information content (AvgIpc) is 3.63. The van der Waals surface area contributed by atoms with Crippen LogP contribution in [0.25, 0.3) is 32.5 Å². The molecule has 0 saturated carbocycles. The summed E-state index contributed by atoms with van der Waals surface area (Å²) in [5.74, 6) is 1.59. The van der Waals surface area contributed by atoms with E-state index in [1.54, 1.807) is 11.3 Å². The maximum atomic E-state index is 11.8. The largest absolute Gasteiger partial charge is 0.384 e. The first-order chi connectivity index (χ1) is 18.7. The second kappa shape index (κ2) is 9.70. The Hall–Kier alpha value is -3.44. The lowest BCUT2D eigenvalue weighted by molar-refractivity contribution is -0.0250. The van der Waals surface area contributed by atoms with Crippen LogP contribution in [0.1, 0.15) is 23.4 Å². The number of nitrogens with zero attached hydrogens (tertiary/aromatic N) is 6. The molecule has 2 aliphatic rings. The minimum absolute atomic E-state index is 0.673. The van der Waals surface area contributed by atoms with E-state index in [4.69, 9.17) is 14.7 Å². The van der Waals surface area contributed by atoms with Crippen molar-refractivity contribution in [1.29, 1.82) is 0 Å². The van der Waals surface area contributed by atoms with Gasteiger partial charge in [0.05, 0.1) is 40.8 Å². The zero-order valence-electron chi connectivity index (χ0n) is 21.0. The third-order valence-corrected chi connectivity index (χ3v) is 8.96. The molecule has 5 aromatic rings. The number of morpholine rings is 1. The summed E-state index contributed by atoms with van der Waals surface area (Å²) < 4.78 is 6.64. The second-order valence-corrected chi connectivity index (χ2v) is 11.1. The van der Waals surface area contributed by atoms with E-state index in [0.29, 0.717) is 31.9 Å². The fourth-order valence-electron chi connectivity index (χ4n) is 5.47. The van der Waals surface area contributed by atoms with E-state index in [1.165, 1.54) is 0 Å². The van der Waals surface area contributed by atoms with Crippen LogP contribution in [0.4, 0.5) is 5.82 Å². The predicted molar refractivity (Wildman–Crippen MR) is 148 cm³/mol. The summed E-state index contributed by atoms with van der Waals surface area (Å²) in [7, 11) is 0. The number of likely N-dealkylation sites (tertiary alicyclic amines) is 1. The molecule has 194 valence electrons. The van der Waals surface area contributed by atoms with Gasteiger partial charge in [-0.3, -0.25) is 15.0 Å². The number of hydrogen-bond donors (Lipinski definition) is 2. The van der Waals surface area contributed by atoms with Gasteiger partial charge in [-0.15, -0.1) is 11.3 Å². The van der Waals surface area contributed by atoms with E-state index in [0.717, 1.165) is 75.8 Å². The number of H-pyrrole nitrogens is 1. The Morgan fingerprint density at radius 1 is 1.03 bits per heavy atom. The number of fused-ring (bicyclic) bond motifs is 2. The highest BCUT2D eigenvalue weighted by Crippen LogP contribution is 2.43. The van der Waals surface area contributed by atoms with E-state index >= 15 is 0 Å². The van der Waals surface area contributed by atoms with Crippen LogP contribution < -0.4 is 4.90 Å². The van der Waals surface area contributed by atoms with E-state index in [9.17, 15) is 5.11 Å². The summed E-state index contributed by atoms with van der Waals surface area (Å²) >= 11 is 1.63. The van der Waals surface area contributed by atoms with Crippen molar-refractivity contribution in [2.24, 2.45) is 0 Å². The van der Waals surface area contributed by atoms with Crippen molar-refractivity contribution in [3.05, 3.63) is 65.4 Å². The van der Waals surface area contributed by atoms with E-state index in [-0.39, 0.29) is 0 Å². The quantitative estimate of drug-likeness (QED) is 0.354. The molecule has 10 heteroatoms. The minimum atomic E-state index is -0.876. The first kappa shape index (κ1) is 23.7. The second-order valence-electron chi connectivity index (χ2n) is 10.1. The van der Waals surface area contributed by atoms with Crippen molar-refractivity contribution in [2.75, 3.05) is 44.3 Å². The molecule has 0 aliphatic carbocycles. The number of aliphatic hydroxyl groups is 1. The number of rotatable bonds is 5. The molecule has 4 aromatic heterocycles. The number of hydrogen-bond acceptors (Lipinski definition) is 9. The highest BCUT2D eigenvalue weighted by molar-refractivity contribution is 7.19. The maximum Gasteiger partial charge on any atom is 0.162 e. The number of anilines is 1. The molecule has 6 heterocycles. The van der Waals surface area contributed by atoms with Crippen molar-refractivity contribution in [1.82, 2.24) is 30.0 Å². The van der Waals surface area contributed by atoms with Crippen LogP contribution in [-0.4, -0.2) is 74.5 Å². The van der Waals surface area contributed by atoms with Crippen molar-refractivity contribution >= 4 is 38.3 Å². The predicted octanol–water partition coefficient (Wildman–Crippen LogP) is 3.95. The molecule has 7 rings (SSSR count). The molecule has 2 N–H and O–H groups in total. The molecule has 0 bridgehead atoms. The molecule has 2 saturated heterocycles. The van der Waals surface area contributed by atoms with E-state index in [1.807, 2.05) is 42.7 Å². The fourth-order valence-corrected chi connectivity index (χ4v) is 6.73. The number of piperidine rings is 1. The van der Waals surface area contributed by atoms with Crippen molar-refractivity contribution in [3.63, 3.8) is 0 Å². The highest BCUT2D eigenvalue weighted by Gasteiger charge is 2.36. The van der Waals surface area contributed by atoms with Gasteiger partial charge < -0.3 is 14.7 Å². The number of thiophene rings is 1. The number of nitrogens with one attached hydrogen (secondary N) is 1. The topological polar surface area (TPSA) is 103 Å². The van der Waals surface area contributed by atoms with E-state index in [2.05, 4.69) is 37.1 Å². The molecule has 38 heavy (non-hydrogen) atoms. The summed E-state index contributed by atoms with van der Waals surface area (Å²) in [6.45, 7) is 5.34. The van der Waals surface area contributed by atoms with Crippen molar-refractivity contribution in [3.8, 4) is 11.4 Å². The number of benzene rings is 1. The van der Waals surface area contributed by atoms with Gasteiger partial charge in [0.1, 0.15) is 5.60 Å². The Bertz CT molecular complexity index is 1570. The molecular weight excluding hydrogens is 498 g/mol. The van der Waals surface area contributed by atoms with Gasteiger partial charge in [0, 0.05) is 54.7 Å². The third-order valence-electron chi connectivity index (χ3n) is 7.64. The lowest BCUT2D eigenvalue weighted by Gasteiger charge is -2.37. The molecule has 0 unspecified atom stereocenters. The normalized spacial score (nSPS) is 18.4. The first-order valence-corrected chi connectivity index (χ1v) is 13.9. The number of aromatic amines is 1. The highest BCUT2D eigenvalue weighted by atomic mass is 32.1. The van der Waals surface area contributed by atoms with Crippen molar-refractivity contribution in [2.45, 2.75) is 25.0 Å². The van der Waals surface area contributed by atoms with Crippen LogP contribution in [0.3, 0.4) is 0 Å². The molecule has 0 radical (unpaired) electrons. The summed E-state index contributed by atoms with van der Waals surface area (Å²) in [6.07, 6.45) is 5.01. The lowest BCUT2D eigenvalue weighted by atomic mass is 9.89. The summed E-state index contributed by atoms with van der Waals surface area (Å²) in [6, 6.07) is 14.1. The molecule has 0 spiro atoms. The van der Waals surface area contributed by atoms with Gasteiger partial charge in [-0.1, -0.05) is 18.2 Å². The summed E-state index contributed by atoms with van der Waals surface area (Å²) in [4.78, 5) is 20.2. The fraction of sp³-hybridized carbons (Fsp3) is 0.357. The number of ether oxygens (including phenoxy) is 1. The molecule has 1 aromatic carbocycles. The Labute approximate surface area is 224 Å². The van der Waals surface area contributed by atoms with Crippen LogP contribution in [0.15, 0.2) is 54.9 Å². The Kier molecular flexibility index (Phi) is 6.04. The van der Waals surface area contributed by atoms with Gasteiger partial charge in [0.15, 0.2) is 11.6 Å². The van der Waals surface area contributed by atoms with Crippen molar-refractivity contribution < 1.29 is 9.84 Å². The van der Waals surface area contributed by atoms with Crippen LogP contribution in [0, 0.1) is 0 Å². The van der Waals surface area contributed by atoms with Crippen LogP contribution in [0.5, 0.6) is 0 Å². The maximum absolute atomic E-state index is 11.8.